The first kappa shape index (κ1) is 7.36. The third-order valence-electron chi connectivity index (χ3n) is 1.80. The Morgan fingerprint density at radius 3 is 2.83 bits per heavy atom. The van der Waals surface area contributed by atoms with Crippen molar-refractivity contribution in [1.82, 2.24) is 4.98 Å². The predicted octanol–water partition coefficient (Wildman–Crippen LogP) is 1.77. The van der Waals surface area contributed by atoms with E-state index in [0.717, 1.165) is 20.8 Å². The quantitative estimate of drug-likeness (QED) is 0.647. The molecular formula is C8H9N3S. The van der Waals surface area contributed by atoms with Crippen molar-refractivity contribution < 1.29 is 0 Å². The van der Waals surface area contributed by atoms with Crippen LogP contribution in [0.3, 0.4) is 0 Å². The highest BCUT2D eigenvalue weighted by Crippen LogP contribution is 2.31. The van der Waals surface area contributed by atoms with Gasteiger partial charge in [0.05, 0.1) is 5.69 Å². The number of fused-ring (bicyclic) bond motifs is 1. The zero-order valence-electron chi connectivity index (χ0n) is 6.66. The van der Waals surface area contributed by atoms with Crippen LogP contribution in [0.4, 0.5) is 11.5 Å². The number of anilines is 2. The Labute approximate surface area is 74.0 Å². The van der Waals surface area contributed by atoms with E-state index in [2.05, 4.69) is 4.98 Å². The van der Waals surface area contributed by atoms with Gasteiger partial charge in [0.2, 0.25) is 0 Å². The lowest BCUT2D eigenvalue weighted by molar-refractivity contribution is 1.45. The average molecular weight is 179 g/mol. The van der Waals surface area contributed by atoms with E-state index in [-0.39, 0.29) is 0 Å². The summed E-state index contributed by atoms with van der Waals surface area (Å²) in [6, 6.07) is 3.68. The Balaban J connectivity index is 2.87. The smallest absolute Gasteiger partial charge is 0.128 e. The van der Waals surface area contributed by atoms with Crippen LogP contribution in [0.2, 0.25) is 0 Å². The maximum Gasteiger partial charge on any atom is 0.128 e. The van der Waals surface area contributed by atoms with Gasteiger partial charge in [-0.05, 0) is 19.1 Å². The monoisotopic (exact) mass is 179 g/mol. The summed E-state index contributed by atoms with van der Waals surface area (Å²) in [6.45, 7) is 1.98. The molecule has 2 rings (SSSR count). The molecule has 0 aliphatic rings. The number of thiophene rings is 1. The molecule has 0 amide bonds. The first-order valence-electron chi connectivity index (χ1n) is 3.59. The summed E-state index contributed by atoms with van der Waals surface area (Å²) in [6.07, 6.45) is 0. The van der Waals surface area contributed by atoms with Crippen molar-refractivity contribution in [2.75, 3.05) is 11.5 Å². The molecule has 0 unspecified atom stereocenters. The number of pyridine rings is 1. The van der Waals surface area contributed by atoms with E-state index < -0.39 is 0 Å². The van der Waals surface area contributed by atoms with E-state index in [4.69, 9.17) is 11.5 Å². The maximum absolute atomic E-state index is 5.82. The molecule has 0 spiro atoms. The summed E-state index contributed by atoms with van der Waals surface area (Å²) in [5, 5.41) is 1.01. The van der Waals surface area contributed by atoms with Crippen LogP contribution in [0.1, 0.15) is 4.88 Å². The van der Waals surface area contributed by atoms with Crippen molar-refractivity contribution in [2.45, 2.75) is 6.92 Å². The second kappa shape index (κ2) is 2.35. The van der Waals surface area contributed by atoms with Gasteiger partial charge in [0, 0.05) is 10.3 Å². The Bertz CT molecular complexity index is 433. The van der Waals surface area contributed by atoms with Crippen LogP contribution in [0.15, 0.2) is 12.1 Å². The van der Waals surface area contributed by atoms with Gasteiger partial charge in [-0.2, -0.15) is 0 Å². The predicted molar refractivity (Wildman–Crippen MR) is 53.2 cm³/mol. The molecule has 0 atom stereocenters. The van der Waals surface area contributed by atoms with E-state index in [1.165, 1.54) is 0 Å². The first-order valence-corrected chi connectivity index (χ1v) is 4.41. The summed E-state index contributed by atoms with van der Waals surface area (Å²) in [7, 11) is 0. The van der Waals surface area contributed by atoms with Gasteiger partial charge < -0.3 is 11.5 Å². The largest absolute Gasteiger partial charge is 0.397 e. The van der Waals surface area contributed by atoms with E-state index in [9.17, 15) is 0 Å². The molecule has 0 aromatic carbocycles. The normalized spacial score (nSPS) is 10.8. The van der Waals surface area contributed by atoms with Crippen LogP contribution in [-0.4, -0.2) is 4.98 Å². The fraction of sp³-hybridized carbons (Fsp3) is 0.125. The molecule has 0 fully saturated rings. The molecule has 4 heteroatoms. The second-order valence-corrected chi connectivity index (χ2v) is 3.86. The van der Waals surface area contributed by atoms with Gasteiger partial charge >= 0.3 is 0 Å². The van der Waals surface area contributed by atoms with E-state index in [0.29, 0.717) is 5.82 Å². The second-order valence-electron chi connectivity index (χ2n) is 2.66. The Hall–Kier alpha value is -1.29. The third-order valence-corrected chi connectivity index (χ3v) is 2.83. The number of nitrogens with two attached hydrogens (primary N) is 2. The SMILES string of the molecule is Cc1sc2nc(N)ccc2c1N. The molecular weight excluding hydrogens is 170 g/mol. The fourth-order valence-corrected chi connectivity index (χ4v) is 2.08. The van der Waals surface area contributed by atoms with Gasteiger partial charge in [0.1, 0.15) is 10.6 Å². The van der Waals surface area contributed by atoms with Crippen molar-refractivity contribution in [1.29, 1.82) is 0 Å². The molecule has 0 radical (unpaired) electrons. The maximum atomic E-state index is 5.82. The summed E-state index contributed by atoms with van der Waals surface area (Å²) < 4.78 is 0. The van der Waals surface area contributed by atoms with E-state index in [1.807, 2.05) is 13.0 Å². The molecule has 0 aliphatic heterocycles. The first-order chi connectivity index (χ1) is 5.68. The summed E-state index contributed by atoms with van der Waals surface area (Å²) in [5.74, 6) is 0.545. The lowest BCUT2D eigenvalue weighted by Gasteiger charge is -1.92. The molecule has 2 heterocycles. The molecule has 0 bridgehead atoms. The lowest BCUT2D eigenvalue weighted by atomic mass is 10.3. The van der Waals surface area contributed by atoms with Crippen molar-refractivity contribution in [3.8, 4) is 0 Å². The van der Waals surface area contributed by atoms with Gasteiger partial charge in [-0.25, -0.2) is 4.98 Å². The number of hydrogen-bond donors (Lipinski definition) is 2. The minimum absolute atomic E-state index is 0.545. The third kappa shape index (κ3) is 0.921. The summed E-state index contributed by atoms with van der Waals surface area (Å²) in [4.78, 5) is 6.20. The molecule has 3 nitrogen and oxygen atoms in total. The molecule has 2 aromatic rings. The van der Waals surface area contributed by atoms with Gasteiger partial charge in [-0.1, -0.05) is 0 Å². The van der Waals surface area contributed by atoms with Crippen LogP contribution < -0.4 is 11.5 Å². The lowest BCUT2D eigenvalue weighted by Crippen LogP contribution is -1.88. The highest BCUT2D eigenvalue weighted by Gasteiger charge is 2.05. The number of hydrogen-bond acceptors (Lipinski definition) is 4. The van der Waals surface area contributed by atoms with E-state index in [1.54, 1.807) is 17.4 Å². The standard InChI is InChI=1S/C8H9N3S/c1-4-7(10)5-2-3-6(9)11-8(5)12-4/h2-3H,10H2,1H3,(H2,9,11). The number of nitrogen functional groups attached to an aromatic ring is 2. The number of aryl methyl sites for hydroxylation is 1. The van der Waals surface area contributed by atoms with Crippen LogP contribution >= 0.6 is 11.3 Å². The minimum Gasteiger partial charge on any atom is -0.397 e. The van der Waals surface area contributed by atoms with Crippen molar-refractivity contribution in [3.05, 3.63) is 17.0 Å². The highest BCUT2D eigenvalue weighted by atomic mass is 32.1. The number of rotatable bonds is 0. The molecule has 0 saturated heterocycles. The van der Waals surface area contributed by atoms with Gasteiger partial charge in [-0.3, -0.25) is 0 Å². The zero-order valence-corrected chi connectivity index (χ0v) is 7.48. The molecule has 4 N–H and O–H groups in total. The average Bonchev–Trinajstić information content (AvgIpc) is 2.28. The van der Waals surface area contributed by atoms with Crippen molar-refractivity contribution in [2.24, 2.45) is 0 Å². The van der Waals surface area contributed by atoms with Crippen LogP contribution in [-0.2, 0) is 0 Å². The zero-order chi connectivity index (χ0) is 8.72. The van der Waals surface area contributed by atoms with Crippen molar-refractivity contribution >= 4 is 33.1 Å². The molecule has 0 aliphatic carbocycles. The van der Waals surface area contributed by atoms with E-state index >= 15 is 0 Å². The van der Waals surface area contributed by atoms with Crippen LogP contribution in [0, 0.1) is 6.92 Å². The summed E-state index contributed by atoms with van der Waals surface area (Å²) in [5.41, 5.74) is 12.2. The number of aromatic nitrogens is 1. The fourth-order valence-electron chi connectivity index (χ4n) is 1.13. The van der Waals surface area contributed by atoms with Gasteiger partial charge in [0.25, 0.3) is 0 Å². The number of nitrogens with zero attached hydrogens (tertiary/aromatic N) is 1. The Morgan fingerprint density at radius 1 is 1.33 bits per heavy atom. The highest BCUT2D eigenvalue weighted by molar-refractivity contribution is 7.19. The van der Waals surface area contributed by atoms with Gasteiger partial charge in [-0.15, -0.1) is 11.3 Å². The molecule has 2 aromatic heterocycles. The Morgan fingerprint density at radius 2 is 2.08 bits per heavy atom. The molecule has 0 saturated carbocycles. The molecule has 62 valence electrons. The topological polar surface area (TPSA) is 64.9 Å². The van der Waals surface area contributed by atoms with Crippen molar-refractivity contribution in [3.63, 3.8) is 0 Å². The van der Waals surface area contributed by atoms with Crippen LogP contribution in [0.5, 0.6) is 0 Å². The van der Waals surface area contributed by atoms with Gasteiger partial charge in [0.15, 0.2) is 0 Å². The Kier molecular flexibility index (Phi) is 1.44. The minimum atomic E-state index is 0.545. The molecule has 12 heavy (non-hydrogen) atoms. The summed E-state index contributed by atoms with van der Waals surface area (Å²) >= 11 is 1.58. The van der Waals surface area contributed by atoms with Crippen LogP contribution in [0.25, 0.3) is 10.2 Å².